The van der Waals surface area contributed by atoms with Crippen LogP contribution in [0.2, 0.25) is 0 Å². The van der Waals surface area contributed by atoms with Gasteiger partial charge in [-0.2, -0.15) is 0 Å². The zero-order valence-corrected chi connectivity index (χ0v) is 7.02. The minimum Gasteiger partial charge on any atom is -0.356 e. The van der Waals surface area contributed by atoms with Crippen LogP contribution in [-0.4, -0.2) is 37.3 Å². The van der Waals surface area contributed by atoms with Crippen LogP contribution in [0, 0.1) is 0 Å². The van der Waals surface area contributed by atoms with Gasteiger partial charge in [0.1, 0.15) is 0 Å². The number of hydrogen-bond acceptors (Lipinski definition) is 5. The van der Waals surface area contributed by atoms with Crippen LogP contribution in [0.1, 0.15) is 20.3 Å². The van der Waals surface area contributed by atoms with E-state index in [1.165, 1.54) is 13.0 Å². The highest BCUT2D eigenvalue weighted by Gasteiger charge is 2.47. The van der Waals surface area contributed by atoms with E-state index in [0.717, 1.165) is 0 Å². The Morgan fingerprint density at radius 1 is 1.17 bits per heavy atom. The summed E-state index contributed by atoms with van der Waals surface area (Å²) in [7, 11) is 0. The first kappa shape index (κ1) is 11.5. The van der Waals surface area contributed by atoms with Crippen molar-refractivity contribution in [1.82, 2.24) is 0 Å². The fourth-order valence-corrected chi connectivity index (χ4v) is 0.713. The molecular weight excluding hydrogens is 164 g/mol. The van der Waals surface area contributed by atoms with Crippen molar-refractivity contribution >= 4 is 0 Å². The molecule has 5 N–H and O–H groups in total. The average molecular weight is 178 g/mol. The van der Waals surface area contributed by atoms with Gasteiger partial charge in [-0.25, -0.2) is 0 Å². The average Bonchev–Trinajstić information content (AvgIpc) is 1.85. The first-order valence-electron chi connectivity index (χ1n) is 3.52. The summed E-state index contributed by atoms with van der Waals surface area (Å²) in [5.74, 6) is -6.56. The van der Waals surface area contributed by atoms with E-state index in [1.807, 2.05) is 0 Å². The Kier molecular flexibility index (Phi) is 3.37. The molecule has 0 aromatic rings. The summed E-state index contributed by atoms with van der Waals surface area (Å²) in [4.78, 5) is 0. The molecule has 0 aromatic carbocycles. The van der Waals surface area contributed by atoms with Gasteiger partial charge in [-0.15, -0.1) is 0 Å². The molecule has 5 heteroatoms. The molecule has 0 bridgehead atoms. The second kappa shape index (κ2) is 3.51. The summed E-state index contributed by atoms with van der Waals surface area (Å²) in [6, 6.07) is 0. The van der Waals surface area contributed by atoms with Crippen molar-refractivity contribution in [2.75, 3.05) is 0 Å². The van der Waals surface area contributed by atoms with Gasteiger partial charge in [0, 0.05) is 0 Å². The van der Waals surface area contributed by atoms with Crippen LogP contribution >= 0.6 is 0 Å². The smallest absolute Gasteiger partial charge is 0.337 e. The van der Waals surface area contributed by atoms with Gasteiger partial charge in [-0.3, -0.25) is 0 Å². The third-order valence-electron chi connectivity index (χ3n) is 1.53. The highest BCUT2D eigenvalue weighted by Crippen LogP contribution is 2.22. The summed E-state index contributed by atoms with van der Waals surface area (Å²) in [6.45, 7) is 2.99. The van der Waals surface area contributed by atoms with Gasteiger partial charge in [0.05, 0.1) is 0 Å². The topological polar surface area (TPSA) is 101 Å². The molecule has 0 aromatic heterocycles. The Morgan fingerprint density at radius 3 is 1.83 bits per heavy atom. The molecule has 0 heterocycles. The van der Waals surface area contributed by atoms with Gasteiger partial charge in [-0.05, 0) is 18.9 Å². The van der Waals surface area contributed by atoms with Gasteiger partial charge in [-0.1, -0.05) is 13.0 Å². The van der Waals surface area contributed by atoms with Crippen LogP contribution in [0.25, 0.3) is 0 Å². The number of hydrogen-bond donors (Lipinski definition) is 5. The Bertz CT molecular complexity index is 177. The molecule has 0 aliphatic carbocycles. The van der Waals surface area contributed by atoms with Crippen molar-refractivity contribution < 1.29 is 25.5 Å². The minimum atomic E-state index is -3.54. The normalized spacial score (nSPS) is 15.1. The molecule has 0 spiro atoms. The molecule has 0 unspecified atom stereocenters. The third kappa shape index (κ3) is 2.26. The Balaban J connectivity index is 4.73. The highest BCUT2D eigenvalue weighted by molar-refractivity contribution is 5.11. The lowest BCUT2D eigenvalue weighted by Gasteiger charge is -2.30. The molecule has 0 radical (unpaired) electrons. The molecular formula is C7H14O5. The summed E-state index contributed by atoms with van der Waals surface area (Å²) in [6.07, 6.45) is 1.85. The summed E-state index contributed by atoms with van der Waals surface area (Å²) in [5.41, 5.74) is -0.127. The molecule has 0 rings (SSSR count). The van der Waals surface area contributed by atoms with E-state index in [2.05, 4.69) is 0 Å². The van der Waals surface area contributed by atoms with Crippen LogP contribution in [0.5, 0.6) is 0 Å². The second-order valence-corrected chi connectivity index (χ2v) is 2.60. The second-order valence-electron chi connectivity index (χ2n) is 2.60. The monoisotopic (exact) mass is 178 g/mol. The molecule has 72 valence electrons. The van der Waals surface area contributed by atoms with Crippen molar-refractivity contribution in [3.8, 4) is 0 Å². The maximum absolute atomic E-state index is 8.99. The molecule has 0 aliphatic heterocycles. The van der Waals surface area contributed by atoms with E-state index in [0.29, 0.717) is 6.42 Å². The molecule has 0 amide bonds. The van der Waals surface area contributed by atoms with Gasteiger partial charge >= 0.3 is 5.97 Å². The Morgan fingerprint density at radius 2 is 1.58 bits per heavy atom. The molecule has 0 fully saturated rings. The van der Waals surface area contributed by atoms with Crippen molar-refractivity contribution in [2.45, 2.75) is 32.0 Å². The molecule has 0 saturated heterocycles. The minimum absolute atomic E-state index is 0.127. The van der Waals surface area contributed by atoms with Gasteiger partial charge in [0.25, 0.3) is 5.79 Å². The standard InChI is InChI=1S/C7H14O5/c1-3-4-5(2)6(8,9)7(10,11)12/h4,8-12H,3H2,1-2H3/b5-4+. The van der Waals surface area contributed by atoms with Crippen LogP contribution in [0.15, 0.2) is 11.6 Å². The highest BCUT2D eigenvalue weighted by atomic mass is 16.7. The third-order valence-corrected chi connectivity index (χ3v) is 1.53. The zero-order chi connectivity index (χ0) is 9.99. The lowest BCUT2D eigenvalue weighted by atomic mass is 10.0. The van der Waals surface area contributed by atoms with E-state index in [1.54, 1.807) is 6.92 Å². The van der Waals surface area contributed by atoms with Crippen molar-refractivity contribution in [3.63, 3.8) is 0 Å². The Hall–Kier alpha value is -0.460. The summed E-state index contributed by atoms with van der Waals surface area (Å²) >= 11 is 0. The van der Waals surface area contributed by atoms with Crippen LogP contribution in [0.3, 0.4) is 0 Å². The van der Waals surface area contributed by atoms with Crippen molar-refractivity contribution in [3.05, 3.63) is 11.6 Å². The zero-order valence-electron chi connectivity index (χ0n) is 7.02. The van der Waals surface area contributed by atoms with Gasteiger partial charge < -0.3 is 25.5 Å². The molecule has 0 atom stereocenters. The number of rotatable bonds is 3. The van der Waals surface area contributed by atoms with Crippen LogP contribution in [-0.2, 0) is 0 Å². The SMILES string of the molecule is CC/C=C(\C)C(O)(O)C(O)(O)O. The summed E-state index contributed by atoms with van der Waals surface area (Å²) < 4.78 is 0. The van der Waals surface area contributed by atoms with Crippen LogP contribution < -0.4 is 0 Å². The lowest BCUT2D eigenvalue weighted by Crippen LogP contribution is -2.55. The first-order chi connectivity index (χ1) is 5.23. The molecule has 0 saturated carbocycles. The largest absolute Gasteiger partial charge is 0.356 e. The predicted octanol–water partition coefficient (Wildman–Crippen LogP) is -1.35. The maximum atomic E-state index is 8.99. The predicted molar refractivity (Wildman–Crippen MR) is 40.6 cm³/mol. The van der Waals surface area contributed by atoms with E-state index in [-0.39, 0.29) is 5.57 Å². The molecule has 0 aliphatic rings. The van der Waals surface area contributed by atoms with E-state index in [4.69, 9.17) is 25.5 Å². The fourth-order valence-electron chi connectivity index (χ4n) is 0.713. The van der Waals surface area contributed by atoms with E-state index < -0.39 is 11.8 Å². The number of allylic oxidation sites excluding steroid dienone is 1. The maximum Gasteiger partial charge on any atom is 0.337 e. The van der Waals surface area contributed by atoms with Crippen molar-refractivity contribution in [2.24, 2.45) is 0 Å². The molecule has 5 nitrogen and oxygen atoms in total. The van der Waals surface area contributed by atoms with Gasteiger partial charge in [0.2, 0.25) is 0 Å². The van der Waals surface area contributed by atoms with E-state index >= 15 is 0 Å². The van der Waals surface area contributed by atoms with Gasteiger partial charge in [0.15, 0.2) is 0 Å². The Labute approximate surface area is 70.2 Å². The first-order valence-corrected chi connectivity index (χ1v) is 3.52. The number of aliphatic hydroxyl groups is 5. The summed E-state index contributed by atoms with van der Waals surface area (Å²) in [5, 5.41) is 43.5. The quantitative estimate of drug-likeness (QED) is 0.272. The lowest BCUT2D eigenvalue weighted by molar-refractivity contribution is -0.432. The molecule has 12 heavy (non-hydrogen) atoms. The van der Waals surface area contributed by atoms with Crippen LogP contribution in [0.4, 0.5) is 0 Å². The van der Waals surface area contributed by atoms with E-state index in [9.17, 15) is 0 Å². The van der Waals surface area contributed by atoms with Crippen molar-refractivity contribution in [1.29, 1.82) is 0 Å². The fraction of sp³-hybridized carbons (Fsp3) is 0.714.